The second kappa shape index (κ2) is 7.51. The largest absolute Gasteiger partial charge is 0.381 e. The van der Waals surface area contributed by atoms with Crippen LogP contribution in [-0.4, -0.2) is 30.4 Å². The van der Waals surface area contributed by atoms with Crippen molar-refractivity contribution >= 4 is 34.9 Å². The molecule has 2 aromatic carbocycles. The van der Waals surface area contributed by atoms with E-state index < -0.39 is 11.5 Å². The molecule has 146 valence electrons. The molecule has 1 aliphatic heterocycles. The Bertz CT molecular complexity index is 918. The maximum Gasteiger partial charge on any atom is 0.236 e. The fourth-order valence-electron chi connectivity index (χ4n) is 4.33. The number of Topliss-reactive ketones (excluding diaryl/α,β-unsaturated/α-hetero) is 1. The Hall–Kier alpha value is -1.88. The van der Waals surface area contributed by atoms with Crippen LogP contribution >= 0.6 is 23.2 Å². The number of amides is 1. The van der Waals surface area contributed by atoms with Crippen molar-refractivity contribution in [1.82, 2.24) is 5.32 Å². The van der Waals surface area contributed by atoms with Gasteiger partial charge >= 0.3 is 0 Å². The van der Waals surface area contributed by atoms with Crippen molar-refractivity contribution in [2.24, 2.45) is 0 Å². The predicted octanol–water partition coefficient (Wildman–Crippen LogP) is 4.77. The van der Waals surface area contributed by atoms with E-state index in [4.69, 9.17) is 27.9 Å². The third-order valence-electron chi connectivity index (χ3n) is 5.96. The molecule has 0 aromatic heterocycles. The average Bonchev–Trinajstić information content (AvgIpc) is 2.93. The summed E-state index contributed by atoms with van der Waals surface area (Å²) >= 11 is 12.4. The van der Waals surface area contributed by atoms with E-state index in [1.807, 2.05) is 36.4 Å². The first-order valence-corrected chi connectivity index (χ1v) is 10.1. The van der Waals surface area contributed by atoms with Gasteiger partial charge in [0.15, 0.2) is 5.78 Å². The van der Waals surface area contributed by atoms with Crippen molar-refractivity contribution in [3.63, 3.8) is 0 Å². The first-order chi connectivity index (χ1) is 13.4. The molecule has 4 nitrogen and oxygen atoms in total. The summed E-state index contributed by atoms with van der Waals surface area (Å²) in [6.07, 6.45) is 2.86. The summed E-state index contributed by atoms with van der Waals surface area (Å²) < 4.78 is 5.41. The molecule has 6 heteroatoms. The number of carbonyl (C=O) groups excluding carboxylic acids is 2. The molecule has 2 aromatic rings. The third-order valence-corrected chi connectivity index (χ3v) is 6.56. The molecule has 0 radical (unpaired) electrons. The van der Waals surface area contributed by atoms with Gasteiger partial charge in [0.05, 0.1) is 11.6 Å². The fraction of sp³-hybridized carbons (Fsp3) is 0.364. The molecule has 28 heavy (non-hydrogen) atoms. The summed E-state index contributed by atoms with van der Waals surface area (Å²) in [5.41, 5.74) is 1.60. The van der Waals surface area contributed by atoms with Gasteiger partial charge in [0.25, 0.3) is 0 Å². The summed E-state index contributed by atoms with van der Waals surface area (Å²) in [5, 5.41) is 4.06. The lowest BCUT2D eigenvalue weighted by Gasteiger charge is -2.35. The van der Waals surface area contributed by atoms with E-state index in [-0.39, 0.29) is 17.8 Å². The molecule has 1 spiro atoms. The van der Waals surface area contributed by atoms with Gasteiger partial charge in [-0.2, -0.15) is 0 Å². The molecular formula is C22H21Cl2NO3. The summed E-state index contributed by atoms with van der Waals surface area (Å²) in [7, 11) is 1.68. The first-order valence-electron chi connectivity index (χ1n) is 9.38. The second-order valence-corrected chi connectivity index (χ2v) is 8.39. The molecule has 4 rings (SSSR count). The number of nitrogens with one attached hydrogen (secondary N) is 1. The monoisotopic (exact) mass is 417 g/mol. The van der Waals surface area contributed by atoms with Crippen LogP contribution in [0.5, 0.6) is 0 Å². The zero-order chi connectivity index (χ0) is 19.9. The SMILES string of the molecule is COC1CCC2(CC1)NC(=O)C(c1cc(-c3ccc(Cl)cc3)ccc1Cl)C2=O. The molecule has 2 fully saturated rings. The molecule has 1 amide bonds. The highest BCUT2D eigenvalue weighted by Gasteiger charge is 2.54. The molecular weight excluding hydrogens is 397 g/mol. The first kappa shape index (κ1) is 19.4. The average molecular weight is 418 g/mol. The van der Waals surface area contributed by atoms with Crippen molar-refractivity contribution in [3.8, 4) is 11.1 Å². The lowest BCUT2D eigenvalue weighted by molar-refractivity contribution is -0.126. The van der Waals surface area contributed by atoms with Crippen LogP contribution < -0.4 is 5.32 Å². The molecule has 1 heterocycles. The van der Waals surface area contributed by atoms with Crippen LogP contribution in [0.15, 0.2) is 42.5 Å². The number of rotatable bonds is 3. The van der Waals surface area contributed by atoms with Crippen LogP contribution in [0.1, 0.15) is 37.2 Å². The highest BCUT2D eigenvalue weighted by Crippen LogP contribution is 2.42. The minimum Gasteiger partial charge on any atom is -0.381 e. The Morgan fingerprint density at radius 2 is 1.64 bits per heavy atom. The van der Waals surface area contributed by atoms with Crippen molar-refractivity contribution in [2.75, 3.05) is 7.11 Å². The van der Waals surface area contributed by atoms with Gasteiger partial charge in [-0.3, -0.25) is 9.59 Å². The number of ketones is 1. The fourth-order valence-corrected chi connectivity index (χ4v) is 4.68. The van der Waals surface area contributed by atoms with Crippen LogP contribution in [0.2, 0.25) is 10.0 Å². The lowest BCUT2D eigenvalue weighted by atomic mass is 9.76. The minimum absolute atomic E-state index is 0.0813. The minimum atomic E-state index is -0.876. The highest BCUT2D eigenvalue weighted by atomic mass is 35.5. The number of carbonyl (C=O) groups is 2. The Labute approximate surface area is 174 Å². The van der Waals surface area contributed by atoms with Gasteiger partial charge in [0, 0.05) is 17.2 Å². The normalized spacial score (nSPS) is 27.2. The van der Waals surface area contributed by atoms with E-state index in [0.29, 0.717) is 28.5 Å². The predicted molar refractivity (Wildman–Crippen MR) is 110 cm³/mol. The van der Waals surface area contributed by atoms with Gasteiger partial charge in [0.2, 0.25) is 5.91 Å². The molecule has 0 bridgehead atoms. The van der Waals surface area contributed by atoms with Gasteiger partial charge in [0.1, 0.15) is 5.92 Å². The van der Waals surface area contributed by atoms with Crippen LogP contribution in [-0.2, 0) is 14.3 Å². The number of benzene rings is 2. The van der Waals surface area contributed by atoms with Crippen molar-refractivity contribution in [2.45, 2.75) is 43.2 Å². The Morgan fingerprint density at radius 1 is 1.00 bits per heavy atom. The molecule has 1 atom stereocenters. The Morgan fingerprint density at radius 3 is 2.29 bits per heavy atom. The van der Waals surface area contributed by atoms with Gasteiger partial charge in [-0.05, 0) is 66.6 Å². The Kier molecular flexibility index (Phi) is 5.21. The van der Waals surface area contributed by atoms with Crippen LogP contribution in [0.4, 0.5) is 0 Å². The van der Waals surface area contributed by atoms with E-state index in [9.17, 15) is 9.59 Å². The van der Waals surface area contributed by atoms with Crippen molar-refractivity contribution in [3.05, 3.63) is 58.1 Å². The topological polar surface area (TPSA) is 55.4 Å². The van der Waals surface area contributed by atoms with Gasteiger partial charge in [-0.25, -0.2) is 0 Å². The maximum atomic E-state index is 13.3. The summed E-state index contributed by atoms with van der Waals surface area (Å²) in [6.45, 7) is 0. The molecule has 1 aliphatic carbocycles. The van der Waals surface area contributed by atoms with Crippen molar-refractivity contribution in [1.29, 1.82) is 0 Å². The number of hydrogen-bond donors (Lipinski definition) is 1. The van der Waals surface area contributed by atoms with E-state index in [0.717, 1.165) is 24.0 Å². The molecule has 1 saturated heterocycles. The number of methoxy groups -OCH3 is 1. The standard InChI is InChI=1S/C22H21Cl2NO3/c1-28-16-8-10-22(11-9-16)20(26)19(21(27)25-22)17-12-14(4-7-18(17)24)13-2-5-15(23)6-3-13/h2-7,12,16,19H,8-11H2,1H3,(H,25,27). The van der Waals surface area contributed by atoms with E-state index in [1.54, 1.807) is 13.2 Å². The van der Waals surface area contributed by atoms with Gasteiger partial charge in [-0.15, -0.1) is 0 Å². The third kappa shape index (κ3) is 3.34. The van der Waals surface area contributed by atoms with Crippen LogP contribution in [0, 0.1) is 0 Å². The zero-order valence-electron chi connectivity index (χ0n) is 15.5. The van der Waals surface area contributed by atoms with E-state index >= 15 is 0 Å². The summed E-state index contributed by atoms with van der Waals surface area (Å²) in [6, 6.07) is 12.9. The molecule has 2 aliphatic rings. The summed E-state index contributed by atoms with van der Waals surface area (Å²) in [4.78, 5) is 26.1. The quantitative estimate of drug-likeness (QED) is 0.731. The number of hydrogen-bond acceptors (Lipinski definition) is 3. The molecule has 1 N–H and O–H groups in total. The lowest BCUT2D eigenvalue weighted by Crippen LogP contribution is -2.50. The highest BCUT2D eigenvalue weighted by molar-refractivity contribution is 6.33. The zero-order valence-corrected chi connectivity index (χ0v) is 17.0. The van der Waals surface area contributed by atoms with Crippen LogP contribution in [0.25, 0.3) is 11.1 Å². The number of ether oxygens (including phenoxy) is 1. The van der Waals surface area contributed by atoms with E-state index in [2.05, 4.69) is 5.32 Å². The molecule has 1 unspecified atom stereocenters. The maximum absolute atomic E-state index is 13.3. The van der Waals surface area contributed by atoms with Crippen LogP contribution in [0.3, 0.4) is 0 Å². The second-order valence-electron chi connectivity index (χ2n) is 7.55. The Balaban J connectivity index is 1.67. The smallest absolute Gasteiger partial charge is 0.236 e. The number of halogens is 2. The summed E-state index contributed by atoms with van der Waals surface area (Å²) in [5.74, 6) is -1.22. The van der Waals surface area contributed by atoms with Gasteiger partial charge in [-0.1, -0.05) is 41.4 Å². The molecule has 1 saturated carbocycles. The van der Waals surface area contributed by atoms with Crippen molar-refractivity contribution < 1.29 is 14.3 Å². The van der Waals surface area contributed by atoms with Gasteiger partial charge < -0.3 is 10.1 Å². The van der Waals surface area contributed by atoms with E-state index in [1.165, 1.54) is 0 Å².